The lowest BCUT2D eigenvalue weighted by atomic mass is 10.4. The molecular weight excluding hydrogens is 453 g/mol. The van der Waals surface area contributed by atoms with E-state index in [0.717, 1.165) is 0 Å². The van der Waals surface area contributed by atoms with Gasteiger partial charge < -0.3 is 9.30 Å². The zero-order chi connectivity index (χ0) is 24.5. The minimum absolute atomic E-state index is 1.33. The normalized spacial score (nSPS) is 15.2. The molecule has 2 rings (SSSR count). The Balaban J connectivity index is 0.000000396. The van der Waals surface area contributed by atoms with E-state index in [0.29, 0.717) is 0 Å². The summed E-state index contributed by atoms with van der Waals surface area (Å²) >= 11 is 0. The van der Waals surface area contributed by atoms with Gasteiger partial charge in [0.1, 0.15) is 16.5 Å². The van der Waals surface area contributed by atoms with E-state index in [1.165, 1.54) is 10.4 Å². The van der Waals surface area contributed by atoms with Crippen LogP contribution in [0.25, 0.3) is 0 Å². The van der Waals surface area contributed by atoms with Gasteiger partial charge in [-0.25, -0.2) is 0 Å². The molecule has 2 unspecified atom stereocenters. The van der Waals surface area contributed by atoms with Crippen LogP contribution in [-0.4, -0.2) is 32.9 Å². The third kappa shape index (κ3) is 8.27. The largest absolute Gasteiger partial charge is 0.353 e. The molecule has 172 valence electrons. The molecule has 0 aliphatic carbocycles. The Bertz CT molecular complexity index is 823. The Morgan fingerprint density at radius 1 is 0.500 bits per heavy atom. The van der Waals surface area contributed by atoms with Crippen molar-refractivity contribution in [3.63, 3.8) is 0 Å². The van der Waals surface area contributed by atoms with Crippen LogP contribution < -0.4 is 19.7 Å². The predicted octanol–water partition coefficient (Wildman–Crippen LogP) is 5.43. The first-order valence-corrected chi connectivity index (χ1v) is 22.4. The van der Waals surface area contributed by atoms with Crippen LogP contribution in [0.2, 0.25) is 39.3 Å². The Morgan fingerprint density at radius 3 is 1.06 bits per heavy atom. The van der Waals surface area contributed by atoms with Gasteiger partial charge in [0.15, 0.2) is 16.5 Å². The van der Waals surface area contributed by atoms with E-state index < -0.39 is 32.9 Å². The fourth-order valence-electron chi connectivity index (χ4n) is 3.52. The van der Waals surface area contributed by atoms with Crippen molar-refractivity contribution >= 4 is 43.3 Å². The fourth-order valence-corrected chi connectivity index (χ4v) is 19.5. The Labute approximate surface area is 201 Å². The molecule has 0 aromatic heterocycles. The zero-order valence-corrected chi connectivity index (χ0v) is 24.9. The van der Waals surface area contributed by atoms with Gasteiger partial charge in [-0.15, -0.1) is 26.3 Å². The quantitative estimate of drug-likeness (QED) is 0.430. The van der Waals surface area contributed by atoms with Crippen LogP contribution in [0.15, 0.2) is 110 Å². The lowest BCUT2D eigenvalue weighted by Gasteiger charge is -2.36. The summed E-state index contributed by atoms with van der Waals surface area (Å²) in [7, 11) is -6.53. The summed E-state index contributed by atoms with van der Waals surface area (Å²) < 4.78 is 7.65. The van der Waals surface area contributed by atoms with E-state index in [-0.39, 0.29) is 0 Å². The summed E-state index contributed by atoms with van der Waals surface area (Å²) in [5.41, 5.74) is 8.40. The van der Waals surface area contributed by atoms with Crippen LogP contribution in [0.4, 0.5) is 0 Å². The molecule has 2 nitrogen and oxygen atoms in total. The second-order valence-corrected chi connectivity index (χ2v) is 26.1. The maximum Gasteiger partial charge on any atom is 0.172 e. The highest BCUT2D eigenvalue weighted by molar-refractivity contribution is 7.07. The average molecular weight is 495 g/mol. The Morgan fingerprint density at radius 2 is 0.812 bits per heavy atom. The van der Waals surface area contributed by atoms with Crippen molar-refractivity contribution in [2.75, 3.05) is 0 Å². The first-order valence-electron chi connectivity index (χ1n) is 11.1. The van der Waals surface area contributed by atoms with E-state index >= 15 is 0 Å². The molecule has 2 aromatic rings. The molecule has 0 aliphatic rings. The van der Waals surface area contributed by atoms with Gasteiger partial charge in [0.2, 0.25) is 0 Å². The molecule has 0 bridgehead atoms. The van der Waals surface area contributed by atoms with Gasteiger partial charge in [0.05, 0.1) is 0 Å². The smallest absolute Gasteiger partial charge is 0.172 e. The van der Waals surface area contributed by atoms with Crippen LogP contribution >= 0.6 is 0 Å². The number of hydrogen-bond acceptors (Lipinski definition) is 2. The first kappa shape index (κ1) is 28.2. The topological polar surface area (TPSA) is 24.1 Å². The molecule has 2 N–H and O–H groups in total. The van der Waals surface area contributed by atoms with Crippen molar-refractivity contribution in [3.8, 4) is 0 Å². The van der Waals surface area contributed by atoms with Crippen LogP contribution in [0.1, 0.15) is 0 Å². The van der Waals surface area contributed by atoms with Crippen LogP contribution in [0, 0.1) is 0 Å². The second-order valence-electron chi connectivity index (χ2n) is 9.65. The fraction of sp³-hybridized carbons (Fsp3) is 0.231. The minimum Gasteiger partial charge on any atom is -0.353 e. The summed E-state index contributed by atoms with van der Waals surface area (Å²) in [4.78, 5) is 0. The van der Waals surface area contributed by atoms with E-state index in [2.05, 4.69) is 158 Å². The maximum atomic E-state index is 4.11. The molecular formula is C26H42N2Si4. The summed E-state index contributed by atoms with van der Waals surface area (Å²) in [6.07, 6.45) is 0. The molecule has 0 saturated carbocycles. The van der Waals surface area contributed by atoms with Crippen molar-refractivity contribution in [1.29, 1.82) is 0 Å². The van der Waals surface area contributed by atoms with Crippen molar-refractivity contribution in [3.05, 3.63) is 110 Å². The van der Waals surface area contributed by atoms with Gasteiger partial charge in [-0.05, 0) is 23.5 Å². The zero-order valence-electron chi connectivity index (χ0n) is 20.9. The van der Waals surface area contributed by atoms with Gasteiger partial charge in [-0.2, -0.15) is 0 Å². The first-order chi connectivity index (χ1) is 14.9. The van der Waals surface area contributed by atoms with E-state index in [1.54, 1.807) is 0 Å². The monoisotopic (exact) mass is 494 g/mol. The van der Waals surface area contributed by atoms with Crippen LogP contribution in [-0.2, 0) is 0 Å². The van der Waals surface area contributed by atoms with E-state index in [9.17, 15) is 0 Å². The van der Waals surface area contributed by atoms with Crippen molar-refractivity contribution in [2.45, 2.75) is 39.3 Å². The van der Waals surface area contributed by atoms with Gasteiger partial charge in [0, 0.05) is 0 Å². The molecule has 0 fully saturated rings. The molecule has 0 amide bonds. The molecule has 32 heavy (non-hydrogen) atoms. The van der Waals surface area contributed by atoms with Crippen LogP contribution in [0.3, 0.4) is 0 Å². The second kappa shape index (κ2) is 11.9. The van der Waals surface area contributed by atoms with Gasteiger partial charge in [-0.3, -0.25) is 0 Å². The van der Waals surface area contributed by atoms with Crippen molar-refractivity contribution in [2.24, 2.45) is 0 Å². The number of benzene rings is 2. The summed E-state index contributed by atoms with van der Waals surface area (Å²) in [6, 6.07) is 21.3. The molecule has 6 heteroatoms. The Hall–Kier alpha value is -1.81. The highest BCUT2D eigenvalue weighted by Crippen LogP contribution is 2.10. The highest BCUT2D eigenvalue weighted by atomic mass is 28.4. The Kier molecular flexibility index (Phi) is 10.5. The lowest BCUT2D eigenvalue weighted by Crippen LogP contribution is -2.70. The average Bonchev–Trinajstić information content (AvgIpc) is 2.80. The maximum absolute atomic E-state index is 4.11. The number of nitrogens with one attached hydrogen (secondary N) is 2. The standard InChI is InChI=1S/C18H23NSi2.C8H19NSi2/c1-5-20(3,17-13-9-7-10-14-17)19-21(4,6-2)18-15-11-8-12-16-18;1-7-10(3,4)9-11(5,6)8-2/h5-16,19H,1-2H2,3-4H3;7-9H,1-2H2,3-6H3. The summed E-state index contributed by atoms with van der Waals surface area (Å²) in [5, 5.41) is 2.72. The van der Waals surface area contributed by atoms with Crippen molar-refractivity contribution in [1.82, 2.24) is 9.30 Å². The molecule has 0 aliphatic heterocycles. The third-order valence-electron chi connectivity index (χ3n) is 5.75. The van der Waals surface area contributed by atoms with Crippen LogP contribution in [0.5, 0.6) is 0 Å². The molecule has 0 radical (unpaired) electrons. The summed E-state index contributed by atoms with van der Waals surface area (Å²) in [5.74, 6) is 0. The highest BCUT2D eigenvalue weighted by Gasteiger charge is 2.36. The van der Waals surface area contributed by atoms with Gasteiger partial charge in [-0.1, -0.05) is 110 Å². The van der Waals surface area contributed by atoms with Gasteiger partial charge >= 0.3 is 0 Å². The third-order valence-corrected chi connectivity index (χ3v) is 21.8. The van der Waals surface area contributed by atoms with E-state index in [4.69, 9.17) is 0 Å². The molecule has 0 heterocycles. The molecule has 2 atom stereocenters. The molecule has 0 spiro atoms. The minimum atomic E-state index is -1.93. The number of hydrogen-bond donors (Lipinski definition) is 2. The predicted molar refractivity (Wildman–Crippen MR) is 157 cm³/mol. The molecule has 2 aromatic carbocycles. The van der Waals surface area contributed by atoms with Crippen molar-refractivity contribution < 1.29 is 0 Å². The SMILES string of the molecule is C=C[Si](C)(C)N[Si](C)(C)C=C.C=C[Si](C)(N[Si](C)(C=C)c1ccccc1)c1ccccc1. The number of rotatable bonds is 10. The van der Waals surface area contributed by atoms with E-state index in [1.807, 2.05) is 0 Å². The van der Waals surface area contributed by atoms with Gasteiger partial charge in [0.25, 0.3) is 0 Å². The lowest BCUT2D eigenvalue weighted by molar-refractivity contribution is 1.35. The summed E-state index contributed by atoms with van der Waals surface area (Å²) in [6.45, 7) is 29.6. The molecule has 0 saturated heterocycles.